The van der Waals surface area contributed by atoms with E-state index in [1.807, 2.05) is 30.1 Å². The average Bonchev–Trinajstić information content (AvgIpc) is 2.92. The van der Waals surface area contributed by atoms with Crippen LogP contribution in [0.2, 0.25) is 0 Å². The highest BCUT2D eigenvalue weighted by Crippen LogP contribution is 2.28. The number of aryl methyl sites for hydroxylation is 1. The molecule has 19 heavy (non-hydrogen) atoms. The molecule has 2 aromatic rings. The van der Waals surface area contributed by atoms with Gasteiger partial charge in [0.05, 0.1) is 19.5 Å². The first-order chi connectivity index (χ1) is 9.26. The Bertz CT molecular complexity index is 540. The molecule has 1 aromatic heterocycles. The summed E-state index contributed by atoms with van der Waals surface area (Å²) in [6.07, 6.45) is 5.66. The molecule has 0 unspecified atom stereocenters. The second-order valence-electron chi connectivity index (χ2n) is 4.01. The monoisotopic (exact) mass is 278 g/mol. The van der Waals surface area contributed by atoms with E-state index in [9.17, 15) is 0 Å². The SMILES string of the molecule is CCn1cc(OCc2ccc(SC)c(OC)c2)cn1. The van der Waals surface area contributed by atoms with Crippen molar-refractivity contribution in [2.45, 2.75) is 25.0 Å². The van der Waals surface area contributed by atoms with Crippen molar-refractivity contribution in [1.82, 2.24) is 9.78 Å². The number of thioether (sulfide) groups is 1. The molecule has 0 spiro atoms. The maximum absolute atomic E-state index is 5.70. The van der Waals surface area contributed by atoms with Crippen LogP contribution in [0.25, 0.3) is 0 Å². The summed E-state index contributed by atoms with van der Waals surface area (Å²) in [5.41, 5.74) is 1.08. The molecule has 1 aromatic carbocycles. The van der Waals surface area contributed by atoms with Crippen molar-refractivity contribution in [1.29, 1.82) is 0 Å². The van der Waals surface area contributed by atoms with E-state index < -0.39 is 0 Å². The van der Waals surface area contributed by atoms with Crippen molar-refractivity contribution >= 4 is 11.8 Å². The second-order valence-corrected chi connectivity index (χ2v) is 4.86. The molecule has 5 heteroatoms. The van der Waals surface area contributed by atoms with Gasteiger partial charge in [0.2, 0.25) is 0 Å². The summed E-state index contributed by atoms with van der Waals surface area (Å²) in [4.78, 5) is 1.13. The van der Waals surface area contributed by atoms with E-state index in [2.05, 4.69) is 17.2 Å². The average molecular weight is 278 g/mol. The fraction of sp³-hybridized carbons (Fsp3) is 0.357. The molecule has 0 aliphatic heterocycles. The van der Waals surface area contributed by atoms with Gasteiger partial charge >= 0.3 is 0 Å². The van der Waals surface area contributed by atoms with Crippen LogP contribution in [0.1, 0.15) is 12.5 Å². The van der Waals surface area contributed by atoms with Crippen LogP contribution in [0, 0.1) is 0 Å². The lowest BCUT2D eigenvalue weighted by atomic mass is 10.2. The molecule has 0 saturated carbocycles. The Morgan fingerprint density at radius 3 is 2.84 bits per heavy atom. The van der Waals surface area contributed by atoms with Gasteiger partial charge in [-0.15, -0.1) is 11.8 Å². The fourth-order valence-corrected chi connectivity index (χ4v) is 2.28. The van der Waals surface area contributed by atoms with Gasteiger partial charge in [0.1, 0.15) is 12.4 Å². The number of benzene rings is 1. The lowest BCUT2D eigenvalue weighted by Gasteiger charge is -2.09. The molecular weight excluding hydrogens is 260 g/mol. The number of aromatic nitrogens is 2. The second kappa shape index (κ2) is 6.52. The van der Waals surface area contributed by atoms with Crippen LogP contribution >= 0.6 is 11.8 Å². The van der Waals surface area contributed by atoms with E-state index in [0.29, 0.717) is 6.61 Å². The lowest BCUT2D eigenvalue weighted by Crippen LogP contribution is -1.96. The molecule has 0 aliphatic rings. The Kier molecular flexibility index (Phi) is 4.74. The third-order valence-corrected chi connectivity index (χ3v) is 3.56. The van der Waals surface area contributed by atoms with Gasteiger partial charge in [-0.1, -0.05) is 6.07 Å². The largest absolute Gasteiger partial charge is 0.496 e. The number of nitrogens with zero attached hydrogens (tertiary/aromatic N) is 2. The lowest BCUT2D eigenvalue weighted by molar-refractivity contribution is 0.304. The Balaban J connectivity index is 2.03. The van der Waals surface area contributed by atoms with Gasteiger partial charge in [-0.2, -0.15) is 5.10 Å². The summed E-state index contributed by atoms with van der Waals surface area (Å²) in [6, 6.07) is 6.12. The van der Waals surface area contributed by atoms with Gasteiger partial charge in [0.25, 0.3) is 0 Å². The molecule has 4 nitrogen and oxygen atoms in total. The Labute approximate surface area is 117 Å². The van der Waals surface area contributed by atoms with Gasteiger partial charge in [-0.05, 0) is 30.9 Å². The molecule has 1 heterocycles. The van der Waals surface area contributed by atoms with Crippen molar-refractivity contribution in [3.05, 3.63) is 36.2 Å². The normalized spacial score (nSPS) is 10.5. The molecule has 0 saturated heterocycles. The van der Waals surface area contributed by atoms with Gasteiger partial charge in [-0.3, -0.25) is 4.68 Å². The summed E-state index contributed by atoms with van der Waals surface area (Å²) in [7, 11) is 1.69. The van der Waals surface area contributed by atoms with Crippen LogP contribution in [0.4, 0.5) is 0 Å². The van der Waals surface area contributed by atoms with Crippen molar-refractivity contribution in [2.24, 2.45) is 0 Å². The molecule has 0 aliphatic carbocycles. The van der Waals surface area contributed by atoms with Crippen molar-refractivity contribution in [3.63, 3.8) is 0 Å². The van der Waals surface area contributed by atoms with Gasteiger partial charge in [-0.25, -0.2) is 0 Å². The zero-order chi connectivity index (χ0) is 13.7. The highest BCUT2D eigenvalue weighted by molar-refractivity contribution is 7.98. The van der Waals surface area contributed by atoms with Crippen LogP contribution in [0.15, 0.2) is 35.5 Å². The van der Waals surface area contributed by atoms with Crippen molar-refractivity contribution in [2.75, 3.05) is 13.4 Å². The molecule has 0 radical (unpaired) electrons. The predicted molar refractivity (Wildman–Crippen MR) is 77.0 cm³/mol. The van der Waals surface area contributed by atoms with E-state index >= 15 is 0 Å². The van der Waals surface area contributed by atoms with E-state index in [0.717, 1.165) is 28.5 Å². The maximum Gasteiger partial charge on any atom is 0.157 e. The Morgan fingerprint density at radius 2 is 2.21 bits per heavy atom. The van der Waals surface area contributed by atoms with Crippen LogP contribution < -0.4 is 9.47 Å². The topological polar surface area (TPSA) is 36.3 Å². The van der Waals surface area contributed by atoms with Crippen LogP contribution in [0.3, 0.4) is 0 Å². The Hall–Kier alpha value is -1.62. The molecule has 0 atom stereocenters. The number of ether oxygens (including phenoxy) is 2. The van der Waals surface area contributed by atoms with Crippen LogP contribution in [-0.4, -0.2) is 23.1 Å². The number of hydrogen-bond donors (Lipinski definition) is 0. The highest BCUT2D eigenvalue weighted by Gasteiger charge is 2.05. The van der Waals surface area contributed by atoms with Crippen molar-refractivity contribution < 1.29 is 9.47 Å². The minimum atomic E-state index is 0.514. The molecule has 0 bridgehead atoms. The zero-order valence-corrected chi connectivity index (χ0v) is 12.2. The van der Waals surface area contributed by atoms with Crippen LogP contribution in [-0.2, 0) is 13.2 Å². The third kappa shape index (κ3) is 3.44. The maximum atomic E-state index is 5.70. The summed E-state index contributed by atoms with van der Waals surface area (Å²) >= 11 is 1.67. The molecule has 0 N–H and O–H groups in total. The van der Waals surface area contributed by atoms with E-state index in [4.69, 9.17) is 9.47 Å². The molecular formula is C14H18N2O2S. The third-order valence-electron chi connectivity index (χ3n) is 2.79. The van der Waals surface area contributed by atoms with E-state index in [1.54, 1.807) is 25.1 Å². The fourth-order valence-electron chi connectivity index (χ4n) is 1.73. The Morgan fingerprint density at radius 1 is 1.37 bits per heavy atom. The molecule has 0 amide bonds. The molecule has 2 rings (SSSR count). The number of methoxy groups -OCH3 is 1. The first-order valence-corrected chi connectivity index (χ1v) is 7.35. The zero-order valence-electron chi connectivity index (χ0n) is 11.4. The van der Waals surface area contributed by atoms with Crippen molar-refractivity contribution in [3.8, 4) is 11.5 Å². The minimum absolute atomic E-state index is 0.514. The minimum Gasteiger partial charge on any atom is -0.496 e. The number of rotatable bonds is 6. The number of hydrogen-bond acceptors (Lipinski definition) is 4. The van der Waals surface area contributed by atoms with Gasteiger partial charge in [0, 0.05) is 11.4 Å². The van der Waals surface area contributed by atoms with Gasteiger partial charge < -0.3 is 9.47 Å². The highest BCUT2D eigenvalue weighted by atomic mass is 32.2. The molecule has 102 valence electrons. The predicted octanol–water partition coefficient (Wildman–Crippen LogP) is 3.21. The smallest absolute Gasteiger partial charge is 0.157 e. The summed E-state index contributed by atoms with van der Waals surface area (Å²) in [5, 5.41) is 4.17. The summed E-state index contributed by atoms with van der Waals surface area (Å²) < 4.78 is 12.9. The summed E-state index contributed by atoms with van der Waals surface area (Å²) in [6.45, 7) is 3.41. The van der Waals surface area contributed by atoms with E-state index in [1.165, 1.54) is 0 Å². The quantitative estimate of drug-likeness (QED) is 0.760. The summed E-state index contributed by atoms with van der Waals surface area (Å²) in [5.74, 6) is 1.67. The van der Waals surface area contributed by atoms with Gasteiger partial charge in [0.15, 0.2) is 5.75 Å². The molecule has 0 fully saturated rings. The standard InChI is InChI=1S/C14H18N2O2S/c1-4-16-9-12(8-15-16)18-10-11-5-6-14(19-3)13(7-11)17-2/h5-9H,4,10H2,1-3H3. The van der Waals surface area contributed by atoms with Crippen LogP contribution in [0.5, 0.6) is 11.5 Å². The first-order valence-electron chi connectivity index (χ1n) is 6.13. The van der Waals surface area contributed by atoms with E-state index in [-0.39, 0.29) is 0 Å². The first kappa shape index (κ1) is 13.8.